The van der Waals surface area contributed by atoms with Gasteiger partial charge in [-0.1, -0.05) is 6.92 Å². The maximum absolute atomic E-state index is 10.8. The Bertz CT molecular complexity index is 166. The fraction of sp³-hybridized carbons (Fsp3) is 0.917. The monoisotopic (exact) mass is 218 g/mol. The van der Waals surface area contributed by atoms with Gasteiger partial charge in [0, 0.05) is 6.42 Å². The van der Waals surface area contributed by atoms with Crippen molar-refractivity contribution in [3.63, 3.8) is 0 Å². The van der Waals surface area contributed by atoms with Crippen molar-refractivity contribution in [2.24, 2.45) is 0 Å². The summed E-state index contributed by atoms with van der Waals surface area (Å²) in [6, 6.07) is 0. The minimum Gasteiger partial charge on any atom is -0.460 e. The second-order valence-electron chi connectivity index (χ2n) is 5.51. The number of carbonyl (C=O) groups excluding carboxylic acids is 1. The fourth-order valence-electron chi connectivity index (χ4n) is 0.597. The van der Waals surface area contributed by atoms with Crippen molar-refractivity contribution < 1.29 is 14.6 Å². The summed E-state index contributed by atoms with van der Waals surface area (Å²) in [5.74, 6) is -0.102. The van der Waals surface area contributed by atoms with Crippen LogP contribution in [-0.2, 0) is 9.53 Å². The van der Waals surface area contributed by atoms with Gasteiger partial charge in [-0.2, -0.15) is 0 Å². The van der Waals surface area contributed by atoms with Gasteiger partial charge < -0.3 is 9.84 Å². The maximum atomic E-state index is 10.8. The minimum absolute atomic E-state index is 0.102. The SMILES string of the molecule is CC(C)(C)O.CCCC(=O)OC(C)(C)C. The van der Waals surface area contributed by atoms with E-state index in [0.29, 0.717) is 6.42 Å². The van der Waals surface area contributed by atoms with Crippen LogP contribution in [0.15, 0.2) is 0 Å². The number of hydrogen-bond donors (Lipinski definition) is 1. The molecular formula is C12H26O3. The molecule has 0 atom stereocenters. The average molecular weight is 218 g/mol. The van der Waals surface area contributed by atoms with Gasteiger partial charge in [-0.05, 0) is 48.0 Å². The van der Waals surface area contributed by atoms with Crippen molar-refractivity contribution in [3.05, 3.63) is 0 Å². The highest BCUT2D eigenvalue weighted by molar-refractivity contribution is 5.69. The van der Waals surface area contributed by atoms with Crippen LogP contribution in [0.4, 0.5) is 0 Å². The number of hydrogen-bond acceptors (Lipinski definition) is 3. The lowest BCUT2D eigenvalue weighted by atomic mass is 10.2. The molecule has 0 aliphatic heterocycles. The lowest BCUT2D eigenvalue weighted by molar-refractivity contribution is -0.154. The highest BCUT2D eigenvalue weighted by Crippen LogP contribution is 2.08. The van der Waals surface area contributed by atoms with Gasteiger partial charge in [0.05, 0.1) is 5.60 Å². The average Bonchev–Trinajstić information content (AvgIpc) is 1.77. The van der Waals surface area contributed by atoms with Crippen LogP contribution in [-0.4, -0.2) is 22.3 Å². The summed E-state index contributed by atoms with van der Waals surface area (Å²) in [5, 5.41) is 8.52. The Kier molecular flexibility index (Phi) is 7.67. The molecule has 1 N–H and O–H groups in total. The number of aliphatic hydroxyl groups is 1. The van der Waals surface area contributed by atoms with Crippen LogP contribution in [0.3, 0.4) is 0 Å². The molecule has 0 saturated carbocycles. The summed E-state index contributed by atoms with van der Waals surface area (Å²) in [7, 11) is 0. The predicted molar refractivity (Wildman–Crippen MR) is 62.7 cm³/mol. The smallest absolute Gasteiger partial charge is 0.306 e. The Morgan fingerprint density at radius 3 is 1.67 bits per heavy atom. The second kappa shape index (κ2) is 6.83. The molecule has 0 spiro atoms. The molecule has 3 nitrogen and oxygen atoms in total. The molecule has 0 heterocycles. The molecule has 0 rings (SSSR count). The van der Waals surface area contributed by atoms with Crippen LogP contribution in [0, 0.1) is 0 Å². The van der Waals surface area contributed by atoms with E-state index in [-0.39, 0.29) is 11.6 Å². The van der Waals surface area contributed by atoms with E-state index < -0.39 is 5.60 Å². The number of esters is 1. The van der Waals surface area contributed by atoms with E-state index in [9.17, 15) is 4.79 Å². The van der Waals surface area contributed by atoms with Gasteiger partial charge in [-0.15, -0.1) is 0 Å². The molecule has 0 aliphatic rings. The first-order valence-electron chi connectivity index (χ1n) is 5.40. The Labute approximate surface area is 93.8 Å². The van der Waals surface area contributed by atoms with Crippen LogP contribution in [0.1, 0.15) is 61.3 Å². The van der Waals surface area contributed by atoms with Crippen molar-refractivity contribution in [1.82, 2.24) is 0 Å². The van der Waals surface area contributed by atoms with E-state index in [2.05, 4.69) is 0 Å². The number of ether oxygens (including phenoxy) is 1. The molecule has 0 aromatic heterocycles. The lowest BCUT2D eigenvalue weighted by Gasteiger charge is -2.18. The summed E-state index contributed by atoms with van der Waals surface area (Å²) in [5.41, 5.74) is -0.827. The molecule has 0 aromatic rings. The second-order valence-corrected chi connectivity index (χ2v) is 5.51. The van der Waals surface area contributed by atoms with Gasteiger partial charge >= 0.3 is 5.97 Å². The molecule has 92 valence electrons. The Morgan fingerprint density at radius 2 is 1.47 bits per heavy atom. The predicted octanol–water partition coefficient (Wildman–Crippen LogP) is 2.91. The molecule has 0 unspecified atom stereocenters. The Morgan fingerprint density at radius 1 is 1.13 bits per heavy atom. The van der Waals surface area contributed by atoms with Crippen molar-refractivity contribution >= 4 is 5.97 Å². The molecule has 0 aromatic carbocycles. The van der Waals surface area contributed by atoms with E-state index >= 15 is 0 Å². The quantitative estimate of drug-likeness (QED) is 0.725. The largest absolute Gasteiger partial charge is 0.460 e. The van der Waals surface area contributed by atoms with E-state index in [4.69, 9.17) is 9.84 Å². The van der Waals surface area contributed by atoms with Crippen molar-refractivity contribution in [1.29, 1.82) is 0 Å². The zero-order valence-electron chi connectivity index (χ0n) is 11.2. The molecule has 3 heteroatoms. The van der Waals surface area contributed by atoms with Crippen LogP contribution in [0.2, 0.25) is 0 Å². The third kappa shape index (κ3) is 31.8. The van der Waals surface area contributed by atoms with Crippen LogP contribution < -0.4 is 0 Å². The van der Waals surface area contributed by atoms with Gasteiger partial charge in [0.2, 0.25) is 0 Å². The third-order valence-electron chi connectivity index (χ3n) is 0.874. The van der Waals surface area contributed by atoms with E-state index in [1.165, 1.54) is 0 Å². The summed E-state index contributed by atoms with van der Waals surface area (Å²) < 4.78 is 5.04. The summed E-state index contributed by atoms with van der Waals surface area (Å²) in [6.07, 6.45) is 1.38. The normalized spacial score (nSPS) is 11.5. The fourth-order valence-corrected chi connectivity index (χ4v) is 0.597. The number of rotatable bonds is 2. The molecule has 0 amide bonds. The van der Waals surface area contributed by atoms with Crippen molar-refractivity contribution in [2.45, 2.75) is 72.5 Å². The topological polar surface area (TPSA) is 46.5 Å². The van der Waals surface area contributed by atoms with E-state index in [1.807, 2.05) is 27.7 Å². The molecule has 15 heavy (non-hydrogen) atoms. The van der Waals surface area contributed by atoms with Crippen LogP contribution in [0.25, 0.3) is 0 Å². The summed E-state index contributed by atoms with van der Waals surface area (Å²) in [4.78, 5) is 10.8. The summed E-state index contributed by atoms with van der Waals surface area (Å²) in [6.45, 7) is 12.8. The first-order chi connectivity index (χ1) is 6.45. The van der Waals surface area contributed by atoms with E-state index in [1.54, 1.807) is 20.8 Å². The van der Waals surface area contributed by atoms with E-state index in [0.717, 1.165) is 6.42 Å². The highest BCUT2D eigenvalue weighted by atomic mass is 16.6. The molecule has 0 radical (unpaired) electrons. The van der Waals surface area contributed by atoms with Crippen LogP contribution in [0.5, 0.6) is 0 Å². The first kappa shape index (κ1) is 16.8. The van der Waals surface area contributed by atoms with Crippen molar-refractivity contribution in [2.75, 3.05) is 0 Å². The van der Waals surface area contributed by atoms with Crippen LogP contribution >= 0.6 is 0 Å². The molecule has 0 saturated heterocycles. The number of carbonyl (C=O) groups is 1. The van der Waals surface area contributed by atoms with Gasteiger partial charge in [-0.25, -0.2) is 0 Å². The molecule has 0 aliphatic carbocycles. The molecule has 0 bridgehead atoms. The van der Waals surface area contributed by atoms with Gasteiger partial charge in [-0.3, -0.25) is 4.79 Å². The standard InChI is InChI=1S/C8H16O2.C4H10O/c1-5-6-7(9)10-8(2,3)4;1-4(2,3)5/h5-6H2,1-4H3;5H,1-3H3. The molecular weight excluding hydrogens is 192 g/mol. The highest BCUT2D eigenvalue weighted by Gasteiger charge is 2.14. The summed E-state index contributed by atoms with van der Waals surface area (Å²) >= 11 is 0. The maximum Gasteiger partial charge on any atom is 0.306 e. The van der Waals surface area contributed by atoms with Gasteiger partial charge in [0.1, 0.15) is 5.60 Å². The molecule has 0 fully saturated rings. The Hall–Kier alpha value is -0.570. The van der Waals surface area contributed by atoms with Gasteiger partial charge in [0.15, 0.2) is 0 Å². The first-order valence-corrected chi connectivity index (χ1v) is 5.40. The minimum atomic E-state index is -0.500. The third-order valence-corrected chi connectivity index (χ3v) is 0.874. The zero-order valence-corrected chi connectivity index (χ0v) is 11.2. The zero-order chi connectivity index (χ0) is 12.7. The van der Waals surface area contributed by atoms with Crippen molar-refractivity contribution in [3.8, 4) is 0 Å². The Balaban J connectivity index is 0. The lowest BCUT2D eigenvalue weighted by Crippen LogP contribution is -2.23. The van der Waals surface area contributed by atoms with Gasteiger partial charge in [0.25, 0.3) is 0 Å².